The van der Waals surface area contributed by atoms with E-state index in [1.807, 2.05) is 37.4 Å². The molecular formula is C25H31N3O3. The molecule has 164 valence electrons. The van der Waals surface area contributed by atoms with E-state index in [0.717, 1.165) is 55.2 Å². The molecule has 2 heterocycles. The van der Waals surface area contributed by atoms with Gasteiger partial charge in [-0.15, -0.1) is 0 Å². The van der Waals surface area contributed by atoms with Crippen molar-refractivity contribution < 1.29 is 14.3 Å². The quantitative estimate of drug-likeness (QED) is 0.607. The molecular weight excluding hydrogens is 390 g/mol. The minimum Gasteiger partial charge on any atom is -0.496 e. The van der Waals surface area contributed by atoms with Gasteiger partial charge in [0.1, 0.15) is 5.75 Å². The number of morpholine rings is 1. The smallest absolute Gasteiger partial charge is 0.220 e. The zero-order chi connectivity index (χ0) is 21.6. The van der Waals surface area contributed by atoms with Crippen molar-refractivity contribution in [2.75, 3.05) is 46.5 Å². The summed E-state index contributed by atoms with van der Waals surface area (Å²) < 4.78 is 13.2. The van der Waals surface area contributed by atoms with E-state index >= 15 is 0 Å². The average molecular weight is 422 g/mol. The Morgan fingerprint density at radius 2 is 1.84 bits per heavy atom. The van der Waals surface area contributed by atoms with Crippen LogP contribution in [0.2, 0.25) is 0 Å². The number of fused-ring (bicyclic) bond motifs is 1. The van der Waals surface area contributed by atoms with Gasteiger partial charge in [-0.25, -0.2) is 0 Å². The molecule has 0 saturated carbocycles. The molecule has 0 unspecified atom stereocenters. The van der Waals surface area contributed by atoms with Gasteiger partial charge in [-0.3, -0.25) is 9.69 Å². The molecule has 0 radical (unpaired) electrons. The minimum atomic E-state index is -0.0920. The Morgan fingerprint density at radius 1 is 1.10 bits per heavy atom. The zero-order valence-corrected chi connectivity index (χ0v) is 18.3. The van der Waals surface area contributed by atoms with Crippen LogP contribution >= 0.6 is 0 Å². The van der Waals surface area contributed by atoms with Gasteiger partial charge in [-0.2, -0.15) is 0 Å². The number of hydrogen-bond donors (Lipinski definition) is 1. The average Bonchev–Trinajstić information content (AvgIpc) is 3.15. The molecule has 3 aromatic rings. The third-order valence-corrected chi connectivity index (χ3v) is 6.06. The maximum atomic E-state index is 13.0. The monoisotopic (exact) mass is 421 g/mol. The number of carbonyl (C=O) groups is 1. The van der Waals surface area contributed by atoms with Crippen molar-refractivity contribution in [3.8, 4) is 5.75 Å². The number of ether oxygens (including phenoxy) is 2. The van der Waals surface area contributed by atoms with E-state index < -0.39 is 0 Å². The first-order valence-electron chi connectivity index (χ1n) is 10.9. The normalized spacial score (nSPS) is 15.7. The molecule has 4 rings (SSSR count). The Labute approximate surface area is 183 Å². The highest BCUT2D eigenvalue weighted by Gasteiger charge is 2.25. The molecule has 6 heteroatoms. The van der Waals surface area contributed by atoms with E-state index in [-0.39, 0.29) is 11.8 Å². The van der Waals surface area contributed by atoms with Gasteiger partial charge in [0.2, 0.25) is 5.91 Å². The first-order valence-corrected chi connectivity index (χ1v) is 10.9. The molecule has 1 aliphatic heterocycles. The summed E-state index contributed by atoms with van der Waals surface area (Å²) in [6, 6.07) is 16.3. The lowest BCUT2D eigenvalue weighted by Crippen LogP contribution is -2.41. The first kappa shape index (κ1) is 21.4. The summed E-state index contributed by atoms with van der Waals surface area (Å²) in [6.45, 7) is 4.89. The van der Waals surface area contributed by atoms with E-state index in [0.29, 0.717) is 13.0 Å². The number of benzene rings is 2. The van der Waals surface area contributed by atoms with E-state index in [9.17, 15) is 4.79 Å². The van der Waals surface area contributed by atoms with Crippen LogP contribution < -0.4 is 10.1 Å². The van der Waals surface area contributed by atoms with Crippen LogP contribution in [-0.4, -0.2) is 61.9 Å². The van der Waals surface area contributed by atoms with E-state index in [4.69, 9.17) is 9.47 Å². The SMILES string of the molecule is COc1ccccc1[C@H](CC(=O)NCCN1CCOCC1)c1cn(C)c2ccccc12. The first-order chi connectivity index (χ1) is 15.2. The van der Waals surface area contributed by atoms with Crippen molar-refractivity contribution in [3.63, 3.8) is 0 Å². The molecule has 6 nitrogen and oxygen atoms in total. The van der Waals surface area contributed by atoms with Gasteiger partial charge in [-0.1, -0.05) is 36.4 Å². The summed E-state index contributed by atoms with van der Waals surface area (Å²) in [5, 5.41) is 4.29. The molecule has 1 aromatic heterocycles. The molecule has 0 aliphatic carbocycles. The Morgan fingerprint density at radius 3 is 2.65 bits per heavy atom. The summed E-state index contributed by atoms with van der Waals surface area (Å²) in [5.74, 6) is 0.768. The van der Waals surface area contributed by atoms with Crippen molar-refractivity contribution in [3.05, 3.63) is 65.9 Å². The summed E-state index contributed by atoms with van der Waals surface area (Å²) in [5.41, 5.74) is 3.33. The van der Waals surface area contributed by atoms with Crippen LogP contribution in [0.5, 0.6) is 5.75 Å². The Balaban J connectivity index is 1.56. The number of rotatable bonds is 8. The van der Waals surface area contributed by atoms with Gasteiger partial charge in [0, 0.05) is 68.2 Å². The zero-order valence-electron chi connectivity index (χ0n) is 18.3. The molecule has 1 N–H and O–H groups in total. The highest BCUT2D eigenvalue weighted by molar-refractivity contribution is 5.86. The number of hydrogen-bond acceptors (Lipinski definition) is 4. The summed E-state index contributed by atoms with van der Waals surface area (Å²) in [4.78, 5) is 15.3. The highest BCUT2D eigenvalue weighted by atomic mass is 16.5. The van der Waals surface area contributed by atoms with Gasteiger partial charge >= 0.3 is 0 Å². The minimum absolute atomic E-state index is 0.0529. The van der Waals surface area contributed by atoms with E-state index in [1.165, 1.54) is 5.39 Å². The van der Waals surface area contributed by atoms with Crippen LogP contribution in [-0.2, 0) is 16.6 Å². The van der Waals surface area contributed by atoms with Gasteiger partial charge < -0.3 is 19.4 Å². The highest BCUT2D eigenvalue weighted by Crippen LogP contribution is 2.38. The van der Waals surface area contributed by atoms with Crippen molar-refractivity contribution in [1.82, 2.24) is 14.8 Å². The summed E-state index contributed by atoms with van der Waals surface area (Å²) >= 11 is 0. The number of nitrogens with zero attached hydrogens (tertiary/aromatic N) is 2. The number of methoxy groups -OCH3 is 1. The Bertz CT molecular complexity index is 1020. The molecule has 31 heavy (non-hydrogen) atoms. The fourth-order valence-electron chi connectivity index (χ4n) is 4.43. The lowest BCUT2D eigenvalue weighted by Gasteiger charge is -2.26. The second-order valence-corrected chi connectivity index (χ2v) is 8.02. The molecule has 2 aromatic carbocycles. The second-order valence-electron chi connectivity index (χ2n) is 8.02. The second kappa shape index (κ2) is 9.98. The maximum Gasteiger partial charge on any atom is 0.220 e. The lowest BCUT2D eigenvalue weighted by atomic mass is 9.87. The molecule has 1 fully saturated rings. The molecule has 1 saturated heterocycles. The van der Waals surface area contributed by atoms with Gasteiger partial charge in [0.15, 0.2) is 0 Å². The standard InChI is InChI=1S/C25H31N3O3/c1-27-18-22(19-7-3-5-9-23(19)27)21(20-8-4-6-10-24(20)30-2)17-25(29)26-11-12-28-13-15-31-16-14-28/h3-10,18,21H,11-17H2,1-2H3,(H,26,29)/t21-/m0/s1. The summed E-state index contributed by atoms with van der Waals surface area (Å²) in [6.07, 6.45) is 2.51. The van der Waals surface area contributed by atoms with Crippen molar-refractivity contribution >= 4 is 16.8 Å². The van der Waals surface area contributed by atoms with Gasteiger partial charge in [-0.05, 0) is 17.7 Å². The van der Waals surface area contributed by atoms with Crippen LogP contribution in [0.1, 0.15) is 23.5 Å². The van der Waals surface area contributed by atoms with Gasteiger partial charge in [0.25, 0.3) is 0 Å². The van der Waals surface area contributed by atoms with E-state index in [1.54, 1.807) is 7.11 Å². The molecule has 0 bridgehead atoms. The van der Waals surface area contributed by atoms with Gasteiger partial charge in [0.05, 0.1) is 20.3 Å². The largest absolute Gasteiger partial charge is 0.496 e. The van der Waals surface area contributed by atoms with Crippen molar-refractivity contribution in [2.45, 2.75) is 12.3 Å². The fraction of sp³-hybridized carbons (Fsp3) is 0.400. The number of aromatic nitrogens is 1. The summed E-state index contributed by atoms with van der Waals surface area (Å²) in [7, 11) is 3.73. The topological polar surface area (TPSA) is 55.7 Å². The van der Waals surface area contributed by atoms with Crippen LogP contribution in [0, 0.1) is 0 Å². The Hall–Kier alpha value is -2.83. The van der Waals surface area contributed by atoms with E-state index in [2.05, 4.69) is 39.2 Å². The number of aryl methyl sites for hydroxylation is 1. The van der Waals surface area contributed by atoms with Crippen LogP contribution in [0.25, 0.3) is 10.9 Å². The molecule has 0 spiro atoms. The number of carbonyl (C=O) groups excluding carboxylic acids is 1. The van der Waals surface area contributed by atoms with Crippen molar-refractivity contribution in [1.29, 1.82) is 0 Å². The predicted molar refractivity (Wildman–Crippen MR) is 123 cm³/mol. The van der Waals surface area contributed by atoms with Crippen LogP contribution in [0.4, 0.5) is 0 Å². The van der Waals surface area contributed by atoms with Crippen molar-refractivity contribution in [2.24, 2.45) is 7.05 Å². The predicted octanol–water partition coefficient (Wildman–Crippen LogP) is 3.16. The van der Waals surface area contributed by atoms with Crippen LogP contribution in [0.3, 0.4) is 0 Å². The number of amides is 1. The maximum absolute atomic E-state index is 13.0. The number of para-hydroxylation sites is 2. The van der Waals surface area contributed by atoms with Crippen LogP contribution in [0.15, 0.2) is 54.7 Å². The molecule has 1 atom stereocenters. The molecule has 1 amide bonds. The lowest BCUT2D eigenvalue weighted by molar-refractivity contribution is -0.121. The third-order valence-electron chi connectivity index (χ3n) is 6.06. The third kappa shape index (κ3) is 4.92. The number of nitrogens with one attached hydrogen (secondary N) is 1. The fourth-order valence-corrected chi connectivity index (χ4v) is 4.43. The molecule has 1 aliphatic rings. The Kier molecular flexibility index (Phi) is 6.89.